The molecule has 0 saturated carbocycles. The normalized spacial score (nSPS) is 9.82. The summed E-state index contributed by atoms with van der Waals surface area (Å²) in [5.74, 6) is 0.792. The lowest BCUT2D eigenvalue weighted by Gasteiger charge is -2.10. The fourth-order valence-electron chi connectivity index (χ4n) is 1.28. The monoisotopic (exact) mass is 260 g/mol. The van der Waals surface area contributed by atoms with Gasteiger partial charge in [0.15, 0.2) is 0 Å². The molecule has 0 radical (unpaired) electrons. The van der Waals surface area contributed by atoms with Crippen molar-refractivity contribution < 1.29 is 19.4 Å². The highest BCUT2D eigenvalue weighted by Crippen LogP contribution is 2.29. The van der Waals surface area contributed by atoms with Crippen LogP contribution in [0.2, 0.25) is 5.02 Å². The number of hydrogen-bond acceptors (Lipinski definition) is 4. The van der Waals surface area contributed by atoms with E-state index in [1.807, 2.05) is 0 Å². The number of amides is 1. The van der Waals surface area contributed by atoms with Crippen molar-refractivity contribution in [3.05, 3.63) is 16.8 Å². The SMILES string of the molecule is COc1cc(Cl)c(OC)nc1CCNC(=O)O. The Kier molecular flexibility index (Phi) is 4.84. The first-order valence-electron chi connectivity index (χ1n) is 4.82. The fourth-order valence-corrected chi connectivity index (χ4v) is 1.50. The van der Waals surface area contributed by atoms with Crippen LogP contribution in [-0.2, 0) is 6.42 Å². The van der Waals surface area contributed by atoms with E-state index in [2.05, 4.69) is 10.3 Å². The molecule has 0 aliphatic carbocycles. The summed E-state index contributed by atoms with van der Waals surface area (Å²) in [6.07, 6.45) is -0.687. The van der Waals surface area contributed by atoms with Crippen LogP contribution in [0.5, 0.6) is 11.6 Å². The highest BCUT2D eigenvalue weighted by molar-refractivity contribution is 6.32. The first-order valence-corrected chi connectivity index (χ1v) is 5.20. The van der Waals surface area contributed by atoms with Crippen LogP contribution in [0.1, 0.15) is 5.69 Å². The molecule has 0 atom stereocenters. The van der Waals surface area contributed by atoms with Crippen LogP contribution in [0, 0.1) is 0 Å². The Morgan fingerprint density at radius 2 is 2.24 bits per heavy atom. The molecule has 94 valence electrons. The van der Waals surface area contributed by atoms with Crippen LogP contribution in [-0.4, -0.2) is 36.9 Å². The smallest absolute Gasteiger partial charge is 0.404 e. The molecule has 0 aromatic carbocycles. The van der Waals surface area contributed by atoms with Gasteiger partial charge in [-0.25, -0.2) is 9.78 Å². The van der Waals surface area contributed by atoms with Gasteiger partial charge in [0.25, 0.3) is 0 Å². The second-order valence-electron chi connectivity index (χ2n) is 3.11. The third kappa shape index (κ3) is 3.67. The molecule has 0 aliphatic heterocycles. The number of methoxy groups -OCH3 is 2. The van der Waals surface area contributed by atoms with Crippen molar-refractivity contribution in [2.75, 3.05) is 20.8 Å². The maximum atomic E-state index is 10.3. The summed E-state index contributed by atoms with van der Waals surface area (Å²) in [6.45, 7) is 0.240. The average molecular weight is 261 g/mol. The maximum Gasteiger partial charge on any atom is 0.404 e. The van der Waals surface area contributed by atoms with Gasteiger partial charge in [0.05, 0.1) is 19.9 Å². The molecule has 0 aliphatic rings. The molecule has 1 rings (SSSR count). The van der Waals surface area contributed by atoms with Gasteiger partial charge in [-0.1, -0.05) is 11.6 Å². The number of ether oxygens (including phenoxy) is 2. The van der Waals surface area contributed by atoms with E-state index in [0.29, 0.717) is 22.9 Å². The van der Waals surface area contributed by atoms with Gasteiger partial charge in [-0.3, -0.25) is 0 Å². The van der Waals surface area contributed by atoms with Gasteiger partial charge in [-0.2, -0.15) is 0 Å². The summed E-state index contributed by atoms with van der Waals surface area (Å²) in [5, 5.41) is 11.0. The van der Waals surface area contributed by atoms with E-state index in [1.54, 1.807) is 6.07 Å². The number of nitrogens with zero attached hydrogens (tertiary/aromatic N) is 1. The molecule has 1 heterocycles. The molecule has 0 spiro atoms. The Morgan fingerprint density at radius 1 is 1.53 bits per heavy atom. The first-order chi connectivity index (χ1) is 8.08. The largest absolute Gasteiger partial charge is 0.495 e. The van der Waals surface area contributed by atoms with Crippen molar-refractivity contribution in [1.29, 1.82) is 0 Å². The number of halogens is 1. The minimum Gasteiger partial charge on any atom is -0.495 e. The van der Waals surface area contributed by atoms with Gasteiger partial charge in [-0.15, -0.1) is 0 Å². The van der Waals surface area contributed by atoms with Gasteiger partial charge < -0.3 is 19.9 Å². The number of rotatable bonds is 5. The Morgan fingerprint density at radius 3 is 2.76 bits per heavy atom. The predicted octanol–water partition coefficient (Wildman–Crippen LogP) is 1.56. The lowest BCUT2D eigenvalue weighted by atomic mass is 10.2. The summed E-state index contributed by atoms with van der Waals surface area (Å²) in [7, 11) is 2.95. The Labute approximate surface area is 104 Å². The van der Waals surface area contributed by atoms with E-state index in [0.717, 1.165) is 0 Å². The van der Waals surface area contributed by atoms with E-state index in [-0.39, 0.29) is 12.4 Å². The minimum atomic E-state index is -1.08. The molecule has 2 N–H and O–H groups in total. The van der Waals surface area contributed by atoms with E-state index >= 15 is 0 Å². The molecule has 0 fully saturated rings. The molecular formula is C10H13ClN2O4. The fraction of sp³-hybridized carbons (Fsp3) is 0.400. The average Bonchev–Trinajstić information content (AvgIpc) is 2.30. The summed E-state index contributed by atoms with van der Waals surface area (Å²) < 4.78 is 10.1. The lowest BCUT2D eigenvalue weighted by Crippen LogP contribution is -2.23. The lowest BCUT2D eigenvalue weighted by molar-refractivity contribution is 0.194. The van der Waals surface area contributed by atoms with Gasteiger partial charge in [0.1, 0.15) is 10.8 Å². The van der Waals surface area contributed by atoms with Crippen molar-refractivity contribution in [1.82, 2.24) is 10.3 Å². The Hall–Kier alpha value is -1.69. The van der Waals surface area contributed by atoms with Crippen LogP contribution in [0.4, 0.5) is 4.79 Å². The topological polar surface area (TPSA) is 80.7 Å². The number of aromatic nitrogens is 1. The van der Waals surface area contributed by atoms with E-state index in [1.165, 1.54) is 14.2 Å². The van der Waals surface area contributed by atoms with Gasteiger partial charge in [0.2, 0.25) is 5.88 Å². The zero-order chi connectivity index (χ0) is 12.8. The zero-order valence-electron chi connectivity index (χ0n) is 9.49. The van der Waals surface area contributed by atoms with Crippen LogP contribution < -0.4 is 14.8 Å². The summed E-state index contributed by atoms with van der Waals surface area (Å²) in [5.41, 5.74) is 0.586. The Balaban J connectivity index is 2.84. The number of carboxylic acid groups (broad SMARTS) is 1. The predicted molar refractivity (Wildman–Crippen MR) is 62.1 cm³/mol. The second-order valence-corrected chi connectivity index (χ2v) is 3.52. The molecule has 7 heteroatoms. The van der Waals surface area contributed by atoms with Gasteiger partial charge in [-0.05, 0) is 0 Å². The highest BCUT2D eigenvalue weighted by Gasteiger charge is 2.11. The molecule has 1 aromatic heterocycles. The molecule has 0 saturated heterocycles. The summed E-state index contributed by atoms with van der Waals surface area (Å²) in [6, 6.07) is 1.59. The maximum absolute atomic E-state index is 10.3. The molecular weight excluding hydrogens is 248 g/mol. The number of carbonyl (C=O) groups is 1. The number of pyridine rings is 1. The third-order valence-electron chi connectivity index (χ3n) is 2.03. The Bertz CT molecular complexity index is 412. The molecule has 0 unspecified atom stereocenters. The molecule has 1 amide bonds. The minimum absolute atomic E-state index is 0.240. The van der Waals surface area contributed by atoms with E-state index in [4.69, 9.17) is 26.2 Å². The van der Waals surface area contributed by atoms with E-state index < -0.39 is 6.09 Å². The van der Waals surface area contributed by atoms with Crippen LogP contribution in [0.15, 0.2) is 6.07 Å². The zero-order valence-corrected chi connectivity index (χ0v) is 10.2. The first kappa shape index (κ1) is 13.4. The standard InChI is InChI=1S/C10H13ClN2O4/c1-16-8-5-6(11)9(17-2)13-7(8)3-4-12-10(14)15/h5,12H,3-4H2,1-2H3,(H,14,15). The van der Waals surface area contributed by atoms with E-state index in [9.17, 15) is 4.79 Å². The number of hydrogen-bond donors (Lipinski definition) is 2. The summed E-state index contributed by atoms with van der Waals surface area (Å²) in [4.78, 5) is 14.5. The highest BCUT2D eigenvalue weighted by atomic mass is 35.5. The molecule has 1 aromatic rings. The van der Waals surface area contributed by atoms with Crippen molar-refractivity contribution in [3.63, 3.8) is 0 Å². The second kappa shape index (κ2) is 6.15. The van der Waals surface area contributed by atoms with Gasteiger partial charge >= 0.3 is 6.09 Å². The van der Waals surface area contributed by atoms with Crippen molar-refractivity contribution >= 4 is 17.7 Å². The van der Waals surface area contributed by atoms with Crippen LogP contribution >= 0.6 is 11.6 Å². The molecule has 0 bridgehead atoms. The third-order valence-corrected chi connectivity index (χ3v) is 2.31. The van der Waals surface area contributed by atoms with Crippen molar-refractivity contribution in [2.24, 2.45) is 0 Å². The van der Waals surface area contributed by atoms with Crippen molar-refractivity contribution in [3.8, 4) is 11.6 Å². The molecule has 17 heavy (non-hydrogen) atoms. The molecule has 6 nitrogen and oxygen atoms in total. The van der Waals surface area contributed by atoms with Crippen LogP contribution in [0.25, 0.3) is 0 Å². The van der Waals surface area contributed by atoms with Crippen molar-refractivity contribution in [2.45, 2.75) is 6.42 Å². The number of nitrogens with one attached hydrogen (secondary N) is 1. The van der Waals surface area contributed by atoms with Crippen LogP contribution in [0.3, 0.4) is 0 Å². The van der Waals surface area contributed by atoms with Gasteiger partial charge in [0, 0.05) is 19.0 Å². The quantitative estimate of drug-likeness (QED) is 0.840. The summed E-state index contributed by atoms with van der Waals surface area (Å²) >= 11 is 5.89.